The van der Waals surface area contributed by atoms with Crippen molar-refractivity contribution in [1.29, 1.82) is 0 Å². The smallest absolute Gasteiger partial charge is 0.308 e. The zero-order chi connectivity index (χ0) is 29.0. The Balaban J connectivity index is 1.48. The van der Waals surface area contributed by atoms with Crippen LogP contribution in [-0.4, -0.2) is 39.4 Å². The first-order valence-electron chi connectivity index (χ1n) is 13.6. The number of benzene rings is 3. The van der Waals surface area contributed by atoms with E-state index in [9.17, 15) is 19.2 Å². The van der Waals surface area contributed by atoms with Gasteiger partial charge in [0.15, 0.2) is 11.6 Å². The van der Waals surface area contributed by atoms with Gasteiger partial charge in [0.1, 0.15) is 17.2 Å². The van der Waals surface area contributed by atoms with E-state index in [2.05, 4.69) is 10.3 Å². The molecule has 1 spiro atoms. The molecular weight excluding hydrogens is 530 g/mol. The van der Waals surface area contributed by atoms with Crippen molar-refractivity contribution in [3.05, 3.63) is 131 Å². The number of ether oxygens (including phenoxy) is 1. The quantitative estimate of drug-likeness (QED) is 0.210. The van der Waals surface area contributed by atoms with Crippen LogP contribution in [0.25, 0.3) is 6.08 Å². The Morgan fingerprint density at radius 1 is 0.881 bits per heavy atom. The van der Waals surface area contributed by atoms with Gasteiger partial charge in [-0.05, 0) is 65.2 Å². The van der Waals surface area contributed by atoms with Crippen LogP contribution < -0.4 is 10.1 Å². The van der Waals surface area contributed by atoms with Gasteiger partial charge in [-0.1, -0.05) is 42.5 Å². The second-order valence-corrected chi connectivity index (χ2v) is 10.7. The molecule has 42 heavy (non-hydrogen) atoms. The second-order valence-electron chi connectivity index (χ2n) is 10.7. The number of para-hydroxylation sites is 1. The second kappa shape index (κ2) is 9.62. The molecule has 3 aliphatic rings. The fourth-order valence-corrected chi connectivity index (χ4v) is 6.88. The molecule has 8 heteroatoms. The van der Waals surface area contributed by atoms with E-state index < -0.39 is 29.4 Å². The van der Waals surface area contributed by atoms with Crippen molar-refractivity contribution >= 4 is 35.2 Å². The topological polar surface area (TPSA) is 106 Å². The number of nitrogens with one attached hydrogen (secondary N) is 1. The van der Waals surface area contributed by atoms with E-state index >= 15 is 0 Å². The highest BCUT2D eigenvalue weighted by Crippen LogP contribution is 2.62. The number of anilines is 1. The van der Waals surface area contributed by atoms with Crippen LogP contribution in [-0.2, 0) is 15.0 Å². The summed E-state index contributed by atoms with van der Waals surface area (Å²) in [5.41, 5.74) is 2.31. The summed E-state index contributed by atoms with van der Waals surface area (Å²) in [6, 6.07) is 23.1. The molecule has 1 saturated heterocycles. The van der Waals surface area contributed by atoms with Gasteiger partial charge in [0, 0.05) is 42.3 Å². The van der Waals surface area contributed by atoms with Crippen molar-refractivity contribution in [2.75, 3.05) is 5.32 Å². The highest BCUT2D eigenvalue weighted by Gasteiger charge is 2.70. The number of carbonyl (C=O) groups is 4. The summed E-state index contributed by atoms with van der Waals surface area (Å²) in [7, 11) is 0. The molecule has 1 N–H and O–H groups in total. The van der Waals surface area contributed by atoms with Crippen LogP contribution in [0, 0.1) is 5.92 Å². The number of rotatable bonds is 5. The first-order chi connectivity index (χ1) is 20.4. The number of esters is 1. The molecule has 0 unspecified atom stereocenters. The molecule has 0 aliphatic carbocycles. The Kier molecular flexibility index (Phi) is 5.86. The van der Waals surface area contributed by atoms with Gasteiger partial charge in [-0.3, -0.25) is 24.2 Å². The van der Waals surface area contributed by atoms with E-state index in [0.29, 0.717) is 28.1 Å². The van der Waals surface area contributed by atoms with Crippen LogP contribution in [0.15, 0.2) is 104 Å². The highest BCUT2D eigenvalue weighted by molar-refractivity contribution is 6.16. The predicted octanol–water partition coefficient (Wildman–Crippen LogP) is 4.99. The number of hydrogen-bond donors (Lipinski definition) is 1. The molecule has 0 radical (unpaired) electrons. The Bertz CT molecular complexity index is 1800. The molecule has 0 saturated carbocycles. The third kappa shape index (κ3) is 3.65. The minimum Gasteiger partial charge on any atom is -0.427 e. The number of carbonyl (C=O) groups excluding carboxylic acids is 4. The number of Topliss-reactive ketones (excluding diaryl/α,β-unsaturated/α-hetero) is 2. The van der Waals surface area contributed by atoms with Gasteiger partial charge < -0.3 is 15.0 Å². The molecule has 3 aliphatic heterocycles. The molecule has 4 heterocycles. The minimum absolute atomic E-state index is 0.304. The average Bonchev–Trinajstić information content (AvgIpc) is 3.49. The van der Waals surface area contributed by atoms with Crippen LogP contribution in [0.4, 0.5) is 5.69 Å². The van der Waals surface area contributed by atoms with Crippen LogP contribution in [0.5, 0.6) is 5.75 Å². The summed E-state index contributed by atoms with van der Waals surface area (Å²) in [6.45, 7) is 1.30. The number of amides is 1. The standard InChI is InChI=1S/C34H25N3O5/c1-20(38)42-24-14-12-22(13-15-24)31(40)29-28(30(39)23-8-6-17-35-19-23)34(26-10-4-5-11-27(26)36-33(34)41)32-25-9-3-2-7-21(25)16-18-37(29)32/h2-19,28-29,32H,1H3,(H,36,41)/t28-,29+,32+,34-/m0/s1. The van der Waals surface area contributed by atoms with E-state index in [1.807, 2.05) is 65.7 Å². The summed E-state index contributed by atoms with van der Waals surface area (Å²) < 4.78 is 5.16. The van der Waals surface area contributed by atoms with Crippen LogP contribution in [0.2, 0.25) is 0 Å². The molecule has 0 bridgehead atoms. The van der Waals surface area contributed by atoms with Gasteiger partial charge in [-0.15, -0.1) is 0 Å². The number of pyridine rings is 1. The van der Waals surface area contributed by atoms with E-state index in [1.54, 1.807) is 42.6 Å². The molecule has 1 fully saturated rings. The van der Waals surface area contributed by atoms with Gasteiger partial charge in [0.05, 0.1) is 12.0 Å². The minimum atomic E-state index is -1.41. The number of hydrogen-bond acceptors (Lipinski definition) is 7. The third-order valence-corrected chi connectivity index (χ3v) is 8.47. The maximum absolute atomic E-state index is 14.7. The van der Waals surface area contributed by atoms with Crippen molar-refractivity contribution < 1.29 is 23.9 Å². The number of ketones is 2. The largest absolute Gasteiger partial charge is 0.427 e. The number of nitrogens with zero attached hydrogens (tertiary/aromatic N) is 2. The molecule has 1 amide bonds. The molecule has 206 valence electrons. The van der Waals surface area contributed by atoms with E-state index in [-0.39, 0.29) is 17.5 Å². The normalized spacial score (nSPS) is 23.1. The molecule has 7 rings (SSSR count). The maximum atomic E-state index is 14.7. The summed E-state index contributed by atoms with van der Waals surface area (Å²) in [5.74, 6) is -2.25. The lowest BCUT2D eigenvalue weighted by Gasteiger charge is -2.38. The first-order valence-corrected chi connectivity index (χ1v) is 13.6. The maximum Gasteiger partial charge on any atom is 0.308 e. The van der Waals surface area contributed by atoms with Crippen LogP contribution >= 0.6 is 0 Å². The van der Waals surface area contributed by atoms with Gasteiger partial charge in [0.2, 0.25) is 5.91 Å². The van der Waals surface area contributed by atoms with Crippen molar-refractivity contribution in [3.8, 4) is 5.75 Å². The van der Waals surface area contributed by atoms with Crippen molar-refractivity contribution in [2.45, 2.75) is 24.4 Å². The lowest BCUT2D eigenvalue weighted by atomic mass is 9.62. The molecular formula is C34H25N3O5. The van der Waals surface area contributed by atoms with Gasteiger partial charge in [-0.25, -0.2) is 0 Å². The fourth-order valence-electron chi connectivity index (χ4n) is 6.88. The monoisotopic (exact) mass is 555 g/mol. The van der Waals surface area contributed by atoms with Crippen LogP contribution in [0.3, 0.4) is 0 Å². The van der Waals surface area contributed by atoms with E-state index in [4.69, 9.17) is 4.74 Å². The first kappa shape index (κ1) is 25.6. The zero-order valence-electron chi connectivity index (χ0n) is 22.6. The zero-order valence-corrected chi connectivity index (χ0v) is 22.6. The van der Waals surface area contributed by atoms with Gasteiger partial charge in [0.25, 0.3) is 0 Å². The fraction of sp³-hybridized carbons (Fsp3) is 0.147. The van der Waals surface area contributed by atoms with Gasteiger partial charge in [-0.2, -0.15) is 0 Å². The Hall–Kier alpha value is -5.37. The third-order valence-electron chi connectivity index (χ3n) is 8.47. The summed E-state index contributed by atoms with van der Waals surface area (Å²) in [5, 5.41) is 3.04. The molecule has 4 atom stereocenters. The molecule has 3 aromatic carbocycles. The predicted molar refractivity (Wildman–Crippen MR) is 155 cm³/mol. The van der Waals surface area contributed by atoms with Crippen molar-refractivity contribution in [1.82, 2.24) is 9.88 Å². The van der Waals surface area contributed by atoms with E-state index in [1.165, 1.54) is 13.1 Å². The van der Waals surface area contributed by atoms with Crippen molar-refractivity contribution in [3.63, 3.8) is 0 Å². The molecule has 8 nitrogen and oxygen atoms in total. The van der Waals surface area contributed by atoms with Crippen LogP contribution in [0.1, 0.15) is 50.4 Å². The van der Waals surface area contributed by atoms with Gasteiger partial charge >= 0.3 is 5.97 Å². The number of fused-ring (bicyclic) bond motifs is 6. The molecule has 1 aromatic heterocycles. The highest BCUT2D eigenvalue weighted by atomic mass is 16.5. The Labute approximate surface area is 241 Å². The van der Waals surface area contributed by atoms with E-state index in [0.717, 1.165) is 11.1 Å². The Morgan fingerprint density at radius 3 is 2.40 bits per heavy atom. The lowest BCUT2D eigenvalue weighted by molar-refractivity contribution is -0.131. The lowest BCUT2D eigenvalue weighted by Crippen LogP contribution is -2.49. The summed E-state index contributed by atoms with van der Waals surface area (Å²) in [4.78, 5) is 61.1. The Morgan fingerprint density at radius 2 is 1.64 bits per heavy atom. The number of aromatic nitrogens is 1. The molecule has 4 aromatic rings. The SMILES string of the molecule is CC(=O)Oc1ccc(C(=O)[C@H]2[C@@H](C(=O)c3cccnc3)[C@]3(C(=O)Nc4ccccc43)[C@H]3c4ccccc4C=CN23)cc1. The van der Waals surface area contributed by atoms with Crippen molar-refractivity contribution in [2.24, 2.45) is 5.92 Å². The summed E-state index contributed by atoms with van der Waals surface area (Å²) in [6.07, 6.45) is 6.80. The average molecular weight is 556 g/mol. The summed E-state index contributed by atoms with van der Waals surface area (Å²) >= 11 is 0.